The average Bonchev–Trinajstić information content (AvgIpc) is 2.25. The molecule has 88 valence electrons. The minimum atomic E-state index is -0.518. The van der Waals surface area contributed by atoms with Crippen molar-refractivity contribution in [3.05, 3.63) is 29.6 Å². The number of ether oxygens (including phenoxy) is 1. The van der Waals surface area contributed by atoms with Gasteiger partial charge in [0, 0.05) is 6.07 Å². The van der Waals surface area contributed by atoms with Crippen molar-refractivity contribution < 1.29 is 13.9 Å². The standard InChI is InChI=1S/C13H17FO2/c1-4-10(5-2)16-11-6-7-12(9(3)15)13(14)8-11/h6-8,10H,4-5H2,1-3H3. The van der Waals surface area contributed by atoms with Gasteiger partial charge in [-0.15, -0.1) is 0 Å². The lowest BCUT2D eigenvalue weighted by Crippen LogP contribution is -2.13. The van der Waals surface area contributed by atoms with E-state index in [1.165, 1.54) is 19.1 Å². The second-order valence-electron chi connectivity index (χ2n) is 3.75. The predicted molar refractivity (Wildman–Crippen MR) is 61.4 cm³/mol. The zero-order valence-corrected chi connectivity index (χ0v) is 9.92. The van der Waals surface area contributed by atoms with E-state index in [1.807, 2.05) is 13.8 Å². The second kappa shape index (κ2) is 5.64. The molecule has 1 aromatic carbocycles. The lowest BCUT2D eigenvalue weighted by Gasteiger charge is -2.15. The first kappa shape index (κ1) is 12.7. The summed E-state index contributed by atoms with van der Waals surface area (Å²) in [6, 6.07) is 4.38. The van der Waals surface area contributed by atoms with Crippen molar-refractivity contribution in [1.29, 1.82) is 0 Å². The Morgan fingerprint density at radius 2 is 2.00 bits per heavy atom. The SMILES string of the molecule is CCC(CC)Oc1ccc(C(C)=O)c(F)c1. The third kappa shape index (κ3) is 3.05. The van der Waals surface area contributed by atoms with E-state index in [1.54, 1.807) is 6.07 Å². The fourth-order valence-corrected chi connectivity index (χ4v) is 1.50. The van der Waals surface area contributed by atoms with Gasteiger partial charge in [0.15, 0.2) is 5.78 Å². The van der Waals surface area contributed by atoms with E-state index in [4.69, 9.17) is 4.74 Å². The largest absolute Gasteiger partial charge is 0.490 e. The molecule has 0 heterocycles. The summed E-state index contributed by atoms with van der Waals surface area (Å²) in [4.78, 5) is 11.0. The number of rotatable bonds is 5. The number of benzene rings is 1. The molecule has 0 aliphatic heterocycles. The Morgan fingerprint density at radius 3 is 2.44 bits per heavy atom. The summed E-state index contributed by atoms with van der Waals surface area (Å²) in [6.07, 6.45) is 1.86. The molecule has 0 aliphatic carbocycles. The molecule has 0 fully saturated rings. The molecule has 0 bridgehead atoms. The summed E-state index contributed by atoms with van der Waals surface area (Å²) < 4.78 is 19.0. The van der Waals surface area contributed by atoms with Crippen molar-refractivity contribution in [3.63, 3.8) is 0 Å². The third-order valence-corrected chi connectivity index (χ3v) is 2.53. The van der Waals surface area contributed by atoms with Crippen molar-refractivity contribution in [2.24, 2.45) is 0 Å². The average molecular weight is 224 g/mol. The molecule has 1 rings (SSSR count). The summed E-state index contributed by atoms with van der Waals surface area (Å²) in [5.41, 5.74) is 0.108. The molecule has 0 saturated heterocycles. The normalized spacial score (nSPS) is 10.6. The summed E-state index contributed by atoms with van der Waals surface area (Å²) in [6.45, 7) is 5.39. The molecule has 1 aromatic rings. The van der Waals surface area contributed by atoms with E-state index in [2.05, 4.69) is 0 Å². The van der Waals surface area contributed by atoms with Crippen LogP contribution in [0.1, 0.15) is 44.0 Å². The summed E-state index contributed by atoms with van der Waals surface area (Å²) in [7, 11) is 0. The highest BCUT2D eigenvalue weighted by Crippen LogP contribution is 2.19. The van der Waals surface area contributed by atoms with Crippen LogP contribution >= 0.6 is 0 Å². The highest BCUT2D eigenvalue weighted by atomic mass is 19.1. The van der Waals surface area contributed by atoms with E-state index in [9.17, 15) is 9.18 Å². The third-order valence-electron chi connectivity index (χ3n) is 2.53. The van der Waals surface area contributed by atoms with Crippen LogP contribution in [-0.4, -0.2) is 11.9 Å². The van der Waals surface area contributed by atoms with Crippen LogP contribution in [0.4, 0.5) is 4.39 Å². The van der Waals surface area contributed by atoms with E-state index in [-0.39, 0.29) is 17.5 Å². The van der Waals surface area contributed by atoms with Gasteiger partial charge >= 0.3 is 0 Å². The van der Waals surface area contributed by atoms with Gasteiger partial charge in [0.25, 0.3) is 0 Å². The molecule has 0 aromatic heterocycles. The molecular formula is C13H17FO2. The monoisotopic (exact) mass is 224 g/mol. The minimum absolute atomic E-state index is 0.0996. The van der Waals surface area contributed by atoms with Crippen LogP contribution in [0, 0.1) is 5.82 Å². The fourth-order valence-electron chi connectivity index (χ4n) is 1.50. The number of carbonyl (C=O) groups excluding carboxylic acids is 1. The van der Waals surface area contributed by atoms with Crippen LogP contribution in [0.5, 0.6) is 5.75 Å². The summed E-state index contributed by atoms with van der Waals surface area (Å²) >= 11 is 0. The molecule has 0 saturated carbocycles. The Bertz CT molecular complexity index is 370. The Hall–Kier alpha value is -1.38. The lowest BCUT2D eigenvalue weighted by molar-refractivity contribution is 0.101. The molecule has 0 atom stereocenters. The zero-order valence-electron chi connectivity index (χ0n) is 9.92. The molecule has 0 amide bonds. The van der Waals surface area contributed by atoms with Crippen LogP contribution in [-0.2, 0) is 0 Å². The van der Waals surface area contributed by atoms with Gasteiger partial charge in [-0.1, -0.05) is 13.8 Å². The maximum Gasteiger partial charge on any atom is 0.162 e. The second-order valence-corrected chi connectivity index (χ2v) is 3.75. The van der Waals surface area contributed by atoms with E-state index >= 15 is 0 Å². The van der Waals surface area contributed by atoms with E-state index < -0.39 is 5.82 Å². The van der Waals surface area contributed by atoms with Gasteiger partial charge in [-0.2, -0.15) is 0 Å². The highest BCUT2D eigenvalue weighted by molar-refractivity contribution is 5.94. The van der Waals surface area contributed by atoms with Crippen LogP contribution in [0.3, 0.4) is 0 Å². The molecule has 2 nitrogen and oxygen atoms in total. The Kier molecular flexibility index (Phi) is 4.47. The molecule has 0 unspecified atom stereocenters. The molecule has 0 radical (unpaired) electrons. The molecule has 0 aliphatic rings. The Balaban J connectivity index is 2.84. The molecule has 0 spiro atoms. The lowest BCUT2D eigenvalue weighted by atomic mass is 10.1. The molecule has 16 heavy (non-hydrogen) atoms. The number of halogens is 1. The number of hydrogen-bond acceptors (Lipinski definition) is 2. The van der Waals surface area contributed by atoms with Gasteiger partial charge in [0.2, 0.25) is 0 Å². The number of hydrogen-bond donors (Lipinski definition) is 0. The predicted octanol–water partition coefficient (Wildman–Crippen LogP) is 3.60. The van der Waals surface area contributed by atoms with Crippen molar-refractivity contribution >= 4 is 5.78 Å². The first-order valence-electron chi connectivity index (χ1n) is 5.55. The van der Waals surface area contributed by atoms with Crippen LogP contribution in [0.25, 0.3) is 0 Å². The van der Waals surface area contributed by atoms with Crippen molar-refractivity contribution in [2.45, 2.75) is 39.7 Å². The Morgan fingerprint density at radius 1 is 1.38 bits per heavy atom. The number of ketones is 1. The maximum atomic E-state index is 13.5. The smallest absolute Gasteiger partial charge is 0.162 e. The van der Waals surface area contributed by atoms with Gasteiger partial charge in [0.05, 0.1) is 11.7 Å². The van der Waals surface area contributed by atoms with Crippen LogP contribution < -0.4 is 4.74 Å². The number of Topliss-reactive ketones (excluding diaryl/α,β-unsaturated/α-hetero) is 1. The zero-order chi connectivity index (χ0) is 12.1. The Labute approximate surface area is 95.4 Å². The van der Waals surface area contributed by atoms with Gasteiger partial charge in [-0.05, 0) is 31.9 Å². The van der Waals surface area contributed by atoms with Gasteiger partial charge in [0.1, 0.15) is 11.6 Å². The fraction of sp³-hybridized carbons (Fsp3) is 0.462. The molecule has 3 heteroatoms. The molecular weight excluding hydrogens is 207 g/mol. The first-order valence-corrected chi connectivity index (χ1v) is 5.55. The van der Waals surface area contributed by atoms with E-state index in [0.29, 0.717) is 5.75 Å². The van der Waals surface area contributed by atoms with Crippen LogP contribution in [0.15, 0.2) is 18.2 Å². The topological polar surface area (TPSA) is 26.3 Å². The van der Waals surface area contributed by atoms with Gasteiger partial charge in [-0.3, -0.25) is 4.79 Å². The van der Waals surface area contributed by atoms with Crippen molar-refractivity contribution in [3.8, 4) is 5.75 Å². The summed E-state index contributed by atoms with van der Waals surface area (Å²) in [5.74, 6) is -0.307. The minimum Gasteiger partial charge on any atom is -0.490 e. The van der Waals surface area contributed by atoms with Crippen molar-refractivity contribution in [2.75, 3.05) is 0 Å². The van der Waals surface area contributed by atoms with E-state index in [0.717, 1.165) is 12.8 Å². The van der Waals surface area contributed by atoms with Crippen molar-refractivity contribution in [1.82, 2.24) is 0 Å². The highest BCUT2D eigenvalue weighted by Gasteiger charge is 2.10. The summed E-state index contributed by atoms with van der Waals surface area (Å²) in [5, 5.41) is 0. The first-order chi connectivity index (χ1) is 7.58. The maximum absolute atomic E-state index is 13.5. The van der Waals surface area contributed by atoms with Crippen LogP contribution in [0.2, 0.25) is 0 Å². The van der Waals surface area contributed by atoms with Gasteiger partial charge in [-0.25, -0.2) is 4.39 Å². The quantitative estimate of drug-likeness (QED) is 0.714. The molecule has 0 N–H and O–H groups in total. The number of carbonyl (C=O) groups is 1. The van der Waals surface area contributed by atoms with Gasteiger partial charge < -0.3 is 4.74 Å².